The summed E-state index contributed by atoms with van der Waals surface area (Å²) in [5.74, 6) is 4.63. The highest BCUT2D eigenvalue weighted by molar-refractivity contribution is 5.72. The fourth-order valence-electron chi connectivity index (χ4n) is 9.15. The third-order valence-corrected chi connectivity index (χ3v) is 12.0. The number of hydrogen-bond acceptors (Lipinski definition) is 8. The van der Waals surface area contributed by atoms with Crippen LogP contribution in [0.3, 0.4) is 0 Å². The molecule has 49 heavy (non-hydrogen) atoms. The average Bonchev–Trinajstić information content (AvgIpc) is 3.09. The maximum Gasteiger partial charge on any atom is 0.310 e. The second-order valence-corrected chi connectivity index (χ2v) is 15.4. The third kappa shape index (κ3) is 13.5. The largest absolute Gasteiger partial charge is 0.497 e. The Bertz CT molecular complexity index is 1080. The molecule has 3 aliphatic carbocycles. The van der Waals surface area contributed by atoms with Crippen molar-refractivity contribution in [2.24, 2.45) is 35.5 Å². The van der Waals surface area contributed by atoms with Crippen LogP contribution < -0.4 is 4.74 Å². The minimum Gasteiger partial charge on any atom is -0.497 e. The van der Waals surface area contributed by atoms with E-state index in [1.165, 1.54) is 39.0 Å². The third-order valence-electron chi connectivity index (χ3n) is 12.0. The van der Waals surface area contributed by atoms with E-state index in [1.54, 1.807) is 7.11 Å². The van der Waals surface area contributed by atoms with Crippen molar-refractivity contribution in [3.05, 3.63) is 29.8 Å². The summed E-state index contributed by atoms with van der Waals surface area (Å²) in [4.78, 5) is 23.7. The van der Waals surface area contributed by atoms with E-state index in [4.69, 9.17) is 23.7 Å². The summed E-state index contributed by atoms with van der Waals surface area (Å²) in [6.07, 6.45) is 17.0. The molecular formula is C41H66O8. The van der Waals surface area contributed by atoms with Crippen LogP contribution in [0.2, 0.25) is 0 Å². The predicted molar refractivity (Wildman–Crippen MR) is 191 cm³/mol. The van der Waals surface area contributed by atoms with Gasteiger partial charge in [-0.1, -0.05) is 32.4 Å². The first kappa shape index (κ1) is 39.6. The molecule has 0 heterocycles. The zero-order chi connectivity index (χ0) is 35.2. The van der Waals surface area contributed by atoms with Crippen LogP contribution in [0, 0.1) is 35.5 Å². The van der Waals surface area contributed by atoms with E-state index in [2.05, 4.69) is 13.8 Å². The van der Waals surface area contributed by atoms with Crippen LogP contribution in [0.5, 0.6) is 5.75 Å². The number of esters is 2. The van der Waals surface area contributed by atoms with Gasteiger partial charge in [-0.25, -0.2) is 0 Å². The molecule has 0 amide bonds. The Labute approximate surface area is 296 Å². The lowest BCUT2D eigenvalue weighted by molar-refractivity contribution is -0.178. The Morgan fingerprint density at radius 2 is 1.37 bits per heavy atom. The first-order valence-electron chi connectivity index (χ1n) is 19.5. The van der Waals surface area contributed by atoms with E-state index in [1.807, 2.05) is 31.2 Å². The predicted octanol–water partition coefficient (Wildman–Crippen LogP) is 8.45. The van der Waals surface area contributed by atoms with Crippen LogP contribution in [0.4, 0.5) is 0 Å². The molecule has 3 saturated carbocycles. The van der Waals surface area contributed by atoms with Crippen LogP contribution in [-0.2, 0) is 35.0 Å². The molecule has 0 aromatic heterocycles. The van der Waals surface area contributed by atoms with E-state index < -0.39 is 0 Å². The smallest absolute Gasteiger partial charge is 0.310 e. The van der Waals surface area contributed by atoms with E-state index in [0.717, 1.165) is 93.3 Å². The van der Waals surface area contributed by atoms with Crippen LogP contribution in [0.25, 0.3) is 0 Å². The van der Waals surface area contributed by atoms with Crippen molar-refractivity contribution in [2.45, 2.75) is 155 Å². The molecule has 4 atom stereocenters. The van der Waals surface area contributed by atoms with E-state index >= 15 is 0 Å². The van der Waals surface area contributed by atoms with Gasteiger partial charge in [0.25, 0.3) is 0 Å². The van der Waals surface area contributed by atoms with Crippen molar-refractivity contribution in [2.75, 3.05) is 20.3 Å². The fraction of sp³-hybridized carbons (Fsp3) is 0.805. The van der Waals surface area contributed by atoms with Crippen molar-refractivity contribution < 1.29 is 38.4 Å². The standard InChI is InChI=1S/C41H66O8/c1-6-32(27-36(35-9-15-37(43)16-10-35)25-28(2)33-11-19-39(20-12-33)48-29(3)42)34-13-21-40(22-14-34)49-30(4)46-23-24-47-41(44)26-31-7-17-38(45-5)18-8-31/h7-8,17-18,28,30,32-37,39-40,43H,6,9-16,19-27H2,1-5H3. The quantitative estimate of drug-likeness (QED) is 0.0933. The highest BCUT2D eigenvalue weighted by Crippen LogP contribution is 2.44. The van der Waals surface area contributed by atoms with E-state index in [0.29, 0.717) is 24.4 Å². The molecule has 0 saturated heterocycles. The number of rotatable bonds is 18. The molecule has 0 spiro atoms. The number of aliphatic hydroxyl groups excluding tert-OH is 1. The van der Waals surface area contributed by atoms with Crippen LogP contribution in [-0.4, -0.2) is 62.0 Å². The molecule has 1 aromatic rings. The van der Waals surface area contributed by atoms with Gasteiger partial charge in [0, 0.05) is 6.92 Å². The second-order valence-electron chi connectivity index (χ2n) is 15.4. The van der Waals surface area contributed by atoms with Gasteiger partial charge in [0.2, 0.25) is 0 Å². The normalized spacial score (nSPS) is 28.5. The SMILES string of the molecule is CCC(CC(CC(C)C1CCC(OC(C)=O)CC1)C1CCC(O)CC1)C1CCC(OC(C)OCCOC(=O)Cc2ccc(OC)cc2)CC1. The van der Waals surface area contributed by atoms with Gasteiger partial charge in [-0.3, -0.25) is 9.59 Å². The molecule has 278 valence electrons. The Morgan fingerprint density at radius 3 is 1.98 bits per heavy atom. The van der Waals surface area contributed by atoms with Crippen molar-refractivity contribution in [1.29, 1.82) is 0 Å². The van der Waals surface area contributed by atoms with Crippen molar-refractivity contribution in [3.63, 3.8) is 0 Å². The van der Waals surface area contributed by atoms with Crippen molar-refractivity contribution in [1.82, 2.24) is 0 Å². The molecule has 1 N–H and O–H groups in total. The molecule has 1 aromatic carbocycles. The molecular weight excluding hydrogens is 620 g/mol. The summed E-state index contributed by atoms with van der Waals surface area (Å²) in [7, 11) is 1.62. The number of methoxy groups -OCH3 is 1. The zero-order valence-electron chi connectivity index (χ0n) is 31.1. The van der Waals surface area contributed by atoms with Gasteiger partial charge in [-0.15, -0.1) is 0 Å². The van der Waals surface area contributed by atoms with Gasteiger partial charge in [-0.05, 0) is 150 Å². The summed E-state index contributed by atoms with van der Waals surface area (Å²) in [5, 5.41) is 10.3. The molecule has 4 rings (SSSR count). The Morgan fingerprint density at radius 1 is 0.776 bits per heavy atom. The van der Waals surface area contributed by atoms with Crippen LogP contribution >= 0.6 is 0 Å². The van der Waals surface area contributed by atoms with Gasteiger partial charge < -0.3 is 28.8 Å². The number of carbonyl (C=O) groups excluding carboxylic acids is 2. The van der Waals surface area contributed by atoms with Gasteiger partial charge in [-0.2, -0.15) is 0 Å². The van der Waals surface area contributed by atoms with Gasteiger partial charge in [0.1, 0.15) is 18.5 Å². The number of aliphatic hydroxyl groups is 1. The van der Waals surface area contributed by atoms with Gasteiger partial charge in [0.15, 0.2) is 6.29 Å². The second kappa shape index (κ2) is 20.6. The molecule has 8 heteroatoms. The summed E-state index contributed by atoms with van der Waals surface area (Å²) in [5.41, 5.74) is 0.888. The minimum absolute atomic E-state index is 0.107. The van der Waals surface area contributed by atoms with Gasteiger partial charge in [0.05, 0.1) is 32.3 Å². The maximum absolute atomic E-state index is 12.2. The highest BCUT2D eigenvalue weighted by atomic mass is 16.7. The first-order chi connectivity index (χ1) is 23.6. The summed E-state index contributed by atoms with van der Waals surface area (Å²) in [6.45, 7) is 8.84. The number of carbonyl (C=O) groups is 2. The minimum atomic E-state index is -0.333. The van der Waals surface area contributed by atoms with Crippen molar-refractivity contribution >= 4 is 11.9 Å². The van der Waals surface area contributed by atoms with E-state index in [-0.39, 0.29) is 49.6 Å². The molecule has 3 aliphatic rings. The Balaban J connectivity index is 1.18. The number of benzene rings is 1. The Kier molecular flexibility index (Phi) is 16.7. The summed E-state index contributed by atoms with van der Waals surface area (Å²) >= 11 is 0. The molecule has 4 unspecified atom stereocenters. The maximum atomic E-state index is 12.2. The monoisotopic (exact) mass is 686 g/mol. The average molecular weight is 687 g/mol. The Hall–Kier alpha value is -2.16. The molecule has 0 radical (unpaired) electrons. The summed E-state index contributed by atoms with van der Waals surface area (Å²) < 4.78 is 28.2. The molecule has 8 nitrogen and oxygen atoms in total. The number of hydrogen-bond donors (Lipinski definition) is 1. The topological polar surface area (TPSA) is 101 Å². The van der Waals surface area contributed by atoms with Gasteiger partial charge >= 0.3 is 11.9 Å². The molecule has 0 aliphatic heterocycles. The van der Waals surface area contributed by atoms with Crippen molar-refractivity contribution in [3.8, 4) is 5.75 Å². The zero-order valence-corrected chi connectivity index (χ0v) is 31.1. The lowest BCUT2D eigenvalue weighted by Crippen LogP contribution is -2.33. The van der Waals surface area contributed by atoms with Crippen LogP contribution in [0.1, 0.15) is 130 Å². The fourth-order valence-corrected chi connectivity index (χ4v) is 9.15. The van der Waals surface area contributed by atoms with E-state index in [9.17, 15) is 14.7 Å². The lowest BCUT2D eigenvalue weighted by Gasteiger charge is -2.41. The molecule has 3 fully saturated rings. The molecule has 0 bridgehead atoms. The highest BCUT2D eigenvalue weighted by Gasteiger charge is 2.36. The number of ether oxygens (including phenoxy) is 5. The van der Waals surface area contributed by atoms with Crippen LogP contribution in [0.15, 0.2) is 24.3 Å². The first-order valence-corrected chi connectivity index (χ1v) is 19.5. The summed E-state index contributed by atoms with van der Waals surface area (Å²) in [6, 6.07) is 7.42. The lowest BCUT2D eigenvalue weighted by atomic mass is 9.66.